The van der Waals surface area contributed by atoms with Crippen molar-refractivity contribution in [2.75, 3.05) is 5.32 Å². The second-order valence-electron chi connectivity index (χ2n) is 5.43. The molecule has 1 aromatic carbocycles. The zero-order chi connectivity index (χ0) is 16.9. The summed E-state index contributed by atoms with van der Waals surface area (Å²) < 4.78 is 28.4. The number of carbonyl (C=O) groups is 1. The SMILES string of the molecule is O=C(NCc1ccc(OC(F)F)cc1)Nc1nc2c(s1)CCCC2. The van der Waals surface area contributed by atoms with Gasteiger partial charge in [-0.2, -0.15) is 8.78 Å². The Bertz CT molecular complexity index is 680. The minimum absolute atomic E-state index is 0.0894. The minimum atomic E-state index is -2.84. The zero-order valence-corrected chi connectivity index (χ0v) is 13.7. The van der Waals surface area contributed by atoms with E-state index in [1.165, 1.54) is 34.8 Å². The number of rotatable bonds is 5. The van der Waals surface area contributed by atoms with E-state index in [-0.39, 0.29) is 18.3 Å². The number of fused-ring (bicyclic) bond motifs is 1. The topological polar surface area (TPSA) is 63.2 Å². The standard InChI is InChI=1S/C16H17F2N3O2S/c17-14(18)23-11-7-5-10(6-8-11)9-19-15(22)21-16-20-12-3-1-2-4-13(12)24-16/h5-8,14H,1-4,9H2,(H2,19,20,21,22). The van der Waals surface area contributed by atoms with Gasteiger partial charge in [0.1, 0.15) is 5.75 Å². The summed E-state index contributed by atoms with van der Waals surface area (Å²) in [5.41, 5.74) is 1.88. The van der Waals surface area contributed by atoms with Gasteiger partial charge in [-0.05, 0) is 43.4 Å². The molecule has 0 saturated heterocycles. The highest BCUT2D eigenvalue weighted by molar-refractivity contribution is 7.15. The number of hydrogen-bond donors (Lipinski definition) is 2. The van der Waals surface area contributed by atoms with Crippen LogP contribution in [0.3, 0.4) is 0 Å². The van der Waals surface area contributed by atoms with Crippen molar-refractivity contribution in [3.05, 3.63) is 40.4 Å². The largest absolute Gasteiger partial charge is 0.435 e. The minimum Gasteiger partial charge on any atom is -0.435 e. The Morgan fingerprint density at radius 3 is 2.71 bits per heavy atom. The Morgan fingerprint density at radius 2 is 2.00 bits per heavy atom. The van der Waals surface area contributed by atoms with E-state index in [9.17, 15) is 13.6 Å². The van der Waals surface area contributed by atoms with Gasteiger partial charge in [-0.1, -0.05) is 12.1 Å². The first-order valence-corrected chi connectivity index (χ1v) is 8.49. The molecule has 0 unspecified atom stereocenters. The molecule has 0 radical (unpaired) electrons. The van der Waals surface area contributed by atoms with Crippen molar-refractivity contribution in [3.63, 3.8) is 0 Å². The number of thiazole rings is 1. The number of ether oxygens (including phenoxy) is 1. The number of hydrogen-bond acceptors (Lipinski definition) is 4. The highest BCUT2D eigenvalue weighted by Gasteiger charge is 2.16. The van der Waals surface area contributed by atoms with E-state index in [1.54, 1.807) is 12.1 Å². The molecule has 24 heavy (non-hydrogen) atoms. The van der Waals surface area contributed by atoms with Crippen LogP contribution in [0.4, 0.5) is 18.7 Å². The molecular formula is C16H17F2N3O2S. The van der Waals surface area contributed by atoms with Crippen LogP contribution >= 0.6 is 11.3 Å². The highest BCUT2D eigenvalue weighted by Crippen LogP contribution is 2.29. The highest BCUT2D eigenvalue weighted by atomic mass is 32.1. The molecule has 3 rings (SSSR count). The number of halogens is 2. The zero-order valence-electron chi connectivity index (χ0n) is 12.9. The Labute approximate surface area is 142 Å². The molecule has 5 nitrogen and oxygen atoms in total. The van der Waals surface area contributed by atoms with Crippen LogP contribution in [0.2, 0.25) is 0 Å². The molecule has 1 aromatic heterocycles. The number of alkyl halides is 2. The molecule has 0 atom stereocenters. The molecule has 1 aliphatic rings. The van der Waals surface area contributed by atoms with Crippen LogP contribution in [0.1, 0.15) is 29.0 Å². The van der Waals surface area contributed by atoms with Crippen LogP contribution in [-0.4, -0.2) is 17.6 Å². The summed E-state index contributed by atoms with van der Waals surface area (Å²) in [5, 5.41) is 6.07. The van der Waals surface area contributed by atoms with Crippen LogP contribution < -0.4 is 15.4 Å². The normalized spacial score (nSPS) is 13.5. The van der Waals surface area contributed by atoms with Gasteiger partial charge in [0, 0.05) is 11.4 Å². The van der Waals surface area contributed by atoms with Crippen LogP contribution in [-0.2, 0) is 19.4 Å². The van der Waals surface area contributed by atoms with Crippen molar-refractivity contribution >= 4 is 22.5 Å². The summed E-state index contributed by atoms with van der Waals surface area (Å²) in [5.74, 6) is 0.0894. The van der Waals surface area contributed by atoms with Gasteiger partial charge in [0.25, 0.3) is 0 Å². The lowest BCUT2D eigenvalue weighted by Crippen LogP contribution is -2.28. The molecule has 0 fully saturated rings. The first-order valence-electron chi connectivity index (χ1n) is 7.67. The Hall–Kier alpha value is -2.22. The molecule has 2 N–H and O–H groups in total. The van der Waals surface area contributed by atoms with Crippen molar-refractivity contribution in [3.8, 4) is 5.75 Å². The Kier molecular flexibility index (Phi) is 5.24. The van der Waals surface area contributed by atoms with Gasteiger partial charge in [-0.15, -0.1) is 11.3 Å². The maximum Gasteiger partial charge on any atom is 0.387 e. The van der Waals surface area contributed by atoms with Crippen LogP contribution in [0.25, 0.3) is 0 Å². The number of aromatic nitrogens is 1. The molecule has 0 bridgehead atoms. The molecule has 0 spiro atoms. The molecule has 1 aliphatic carbocycles. The lowest BCUT2D eigenvalue weighted by atomic mass is 10.0. The number of amides is 2. The number of urea groups is 1. The molecule has 0 aliphatic heterocycles. The maximum atomic E-state index is 12.1. The number of carbonyl (C=O) groups excluding carboxylic acids is 1. The quantitative estimate of drug-likeness (QED) is 0.856. The monoisotopic (exact) mass is 353 g/mol. The molecule has 1 heterocycles. The van der Waals surface area contributed by atoms with Crippen LogP contribution in [0.5, 0.6) is 5.75 Å². The van der Waals surface area contributed by atoms with Gasteiger partial charge in [0.2, 0.25) is 0 Å². The van der Waals surface area contributed by atoms with E-state index in [1.807, 2.05) is 0 Å². The summed E-state index contributed by atoms with van der Waals surface area (Å²) in [7, 11) is 0. The van der Waals surface area contributed by atoms with Crippen LogP contribution in [0.15, 0.2) is 24.3 Å². The third-order valence-electron chi connectivity index (χ3n) is 3.67. The Balaban J connectivity index is 1.49. The van der Waals surface area contributed by atoms with Crippen molar-refractivity contribution in [1.82, 2.24) is 10.3 Å². The predicted molar refractivity (Wildman–Crippen MR) is 87.7 cm³/mol. The fourth-order valence-corrected chi connectivity index (χ4v) is 3.56. The molecular weight excluding hydrogens is 336 g/mol. The molecule has 2 aromatic rings. The van der Waals surface area contributed by atoms with Gasteiger partial charge in [0.15, 0.2) is 5.13 Å². The second-order valence-corrected chi connectivity index (χ2v) is 6.51. The first kappa shape index (κ1) is 16.6. The summed E-state index contributed by atoms with van der Waals surface area (Å²) in [6.07, 6.45) is 4.32. The average Bonchev–Trinajstić information content (AvgIpc) is 2.96. The van der Waals surface area contributed by atoms with E-state index in [0.717, 1.165) is 30.5 Å². The van der Waals surface area contributed by atoms with E-state index < -0.39 is 6.61 Å². The van der Waals surface area contributed by atoms with Crippen LogP contribution in [0, 0.1) is 0 Å². The third-order valence-corrected chi connectivity index (χ3v) is 4.74. The lowest BCUT2D eigenvalue weighted by molar-refractivity contribution is -0.0498. The van der Waals surface area contributed by atoms with E-state index in [2.05, 4.69) is 20.4 Å². The fourth-order valence-electron chi connectivity index (χ4n) is 2.52. The van der Waals surface area contributed by atoms with E-state index >= 15 is 0 Å². The predicted octanol–water partition coefficient (Wildman–Crippen LogP) is 3.95. The molecule has 8 heteroatoms. The lowest BCUT2D eigenvalue weighted by Gasteiger charge is -2.07. The van der Waals surface area contributed by atoms with Crippen molar-refractivity contribution < 1.29 is 18.3 Å². The first-order chi connectivity index (χ1) is 11.6. The van der Waals surface area contributed by atoms with Gasteiger partial charge >= 0.3 is 12.6 Å². The summed E-state index contributed by atoms with van der Waals surface area (Å²) in [6.45, 7) is -2.56. The number of anilines is 1. The number of nitrogens with one attached hydrogen (secondary N) is 2. The van der Waals surface area contributed by atoms with Gasteiger partial charge in [-0.3, -0.25) is 5.32 Å². The second kappa shape index (κ2) is 7.57. The average molecular weight is 353 g/mol. The fraction of sp³-hybridized carbons (Fsp3) is 0.375. The Morgan fingerprint density at radius 1 is 1.25 bits per heavy atom. The smallest absolute Gasteiger partial charge is 0.387 e. The van der Waals surface area contributed by atoms with Crippen molar-refractivity contribution in [2.24, 2.45) is 0 Å². The number of nitrogens with zero attached hydrogens (tertiary/aromatic N) is 1. The van der Waals surface area contributed by atoms with Gasteiger partial charge in [0.05, 0.1) is 5.69 Å². The van der Waals surface area contributed by atoms with Gasteiger partial charge in [-0.25, -0.2) is 9.78 Å². The third kappa shape index (κ3) is 4.41. The molecule has 128 valence electrons. The van der Waals surface area contributed by atoms with E-state index in [0.29, 0.717) is 5.13 Å². The summed E-state index contributed by atoms with van der Waals surface area (Å²) >= 11 is 1.52. The van der Waals surface area contributed by atoms with E-state index in [4.69, 9.17) is 0 Å². The number of aryl methyl sites for hydroxylation is 2. The molecule has 0 saturated carbocycles. The maximum absolute atomic E-state index is 12.1. The summed E-state index contributed by atoms with van der Waals surface area (Å²) in [4.78, 5) is 17.6. The van der Waals surface area contributed by atoms with Crippen molar-refractivity contribution in [2.45, 2.75) is 38.8 Å². The van der Waals surface area contributed by atoms with Gasteiger partial charge < -0.3 is 10.1 Å². The molecule has 2 amide bonds. The van der Waals surface area contributed by atoms with Crippen molar-refractivity contribution in [1.29, 1.82) is 0 Å². The summed E-state index contributed by atoms with van der Waals surface area (Å²) in [6, 6.07) is 5.79. The number of benzene rings is 1.